The maximum absolute atomic E-state index is 14.2. The van der Waals surface area contributed by atoms with Gasteiger partial charge in [-0.25, -0.2) is 0 Å². The highest BCUT2D eigenvalue weighted by molar-refractivity contribution is 5.11. The van der Waals surface area contributed by atoms with Crippen LogP contribution in [0.25, 0.3) is 0 Å². The first-order valence-corrected chi connectivity index (χ1v) is 6.66. The molecule has 0 saturated heterocycles. The SMILES string of the molecule is C=CCCCC(C)OC(F)(F)[C@@]1(C)C=CC(C)C1. The zero-order chi connectivity index (χ0) is 13.8. The monoisotopic (exact) mass is 258 g/mol. The van der Waals surface area contributed by atoms with E-state index in [0.29, 0.717) is 12.8 Å². The molecule has 0 aromatic carbocycles. The lowest BCUT2D eigenvalue weighted by molar-refractivity contribution is -0.309. The van der Waals surface area contributed by atoms with Crippen molar-refractivity contribution in [1.29, 1.82) is 0 Å². The van der Waals surface area contributed by atoms with E-state index in [2.05, 4.69) is 6.58 Å². The molecule has 0 spiro atoms. The molecule has 0 bridgehead atoms. The van der Waals surface area contributed by atoms with Crippen molar-refractivity contribution >= 4 is 0 Å². The number of alkyl halides is 2. The van der Waals surface area contributed by atoms with Gasteiger partial charge < -0.3 is 4.74 Å². The van der Waals surface area contributed by atoms with Gasteiger partial charge in [-0.3, -0.25) is 0 Å². The molecule has 1 aliphatic rings. The molecule has 0 aromatic rings. The molecule has 0 radical (unpaired) electrons. The fourth-order valence-corrected chi connectivity index (χ4v) is 2.39. The molecule has 0 fully saturated rings. The second-order valence-corrected chi connectivity index (χ2v) is 5.62. The Kier molecular flexibility index (Phi) is 5.09. The van der Waals surface area contributed by atoms with Crippen molar-refractivity contribution in [1.82, 2.24) is 0 Å². The van der Waals surface area contributed by atoms with Crippen LogP contribution < -0.4 is 0 Å². The minimum absolute atomic E-state index is 0.195. The molecule has 0 aromatic heterocycles. The van der Waals surface area contributed by atoms with Crippen LogP contribution >= 0.6 is 0 Å². The third-order valence-electron chi connectivity index (χ3n) is 3.57. The lowest BCUT2D eigenvalue weighted by Gasteiger charge is -2.34. The highest BCUT2D eigenvalue weighted by atomic mass is 19.3. The molecule has 3 heteroatoms. The number of hydrogen-bond donors (Lipinski definition) is 0. The number of rotatable bonds is 7. The van der Waals surface area contributed by atoms with E-state index in [-0.39, 0.29) is 5.92 Å². The van der Waals surface area contributed by atoms with Gasteiger partial charge in [0.05, 0.1) is 11.5 Å². The summed E-state index contributed by atoms with van der Waals surface area (Å²) in [6, 6.07) is 0. The first kappa shape index (κ1) is 15.4. The maximum Gasteiger partial charge on any atom is 0.364 e. The van der Waals surface area contributed by atoms with Gasteiger partial charge in [-0.05, 0) is 45.4 Å². The zero-order valence-corrected chi connectivity index (χ0v) is 11.6. The Morgan fingerprint density at radius 1 is 1.61 bits per heavy atom. The van der Waals surface area contributed by atoms with Crippen LogP contribution in [0.2, 0.25) is 0 Å². The Balaban J connectivity index is 2.53. The number of halogens is 2. The van der Waals surface area contributed by atoms with Crippen LogP contribution in [0.3, 0.4) is 0 Å². The van der Waals surface area contributed by atoms with E-state index in [1.54, 1.807) is 26.0 Å². The van der Waals surface area contributed by atoms with Crippen LogP contribution in [0.1, 0.15) is 46.5 Å². The Morgan fingerprint density at radius 2 is 2.28 bits per heavy atom. The summed E-state index contributed by atoms with van der Waals surface area (Å²) in [5.41, 5.74) is -1.17. The summed E-state index contributed by atoms with van der Waals surface area (Å²) in [6.45, 7) is 8.85. The van der Waals surface area contributed by atoms with E-state index in [0.717, 1.165) is 12.8 Å². The molecule has 0 N–H and O–H groups in total. The Labute approximate surface area is 109 Å². The molecule has 3 atom stereocenters. The Hall–Kier alpha value is -0.700. The van der Waals surface area contributed by atoms with Gasteiger partial charge in [0.25, 0.3) is 0 Å². The Morgan fingerprint density at radius 3 is 2.78 bits per heavy atom. The van der Waals surface area contributed by atoms with Crippen LogP contribution in [0.15, 0.2) is 24.8 Å². The second-order valence-electron chi connectivity index (χ2n) is 5.62. The van der Waals surface area contributed by atoms with E-state index >= 15 is 0 Å². The molecule has 0 heterocycles. The standard InChI is InChI=1S/C15H24F2O/c1-5-6-7-8-13(3)18-15(16,17)14(4)10-9-12(2)11-14/h5,9-10,12-13H,1,6-8,11H2,2-4H3/t12?,13?,14-/m0/s1. The predicted molar refractivity (Wildman–Crippen MR) is 70.6 cm³/mol. The van der Waals surface area contributed by atoms with Gasteiger partial charge in [0.1, 0.15) is 0 Å². The largest absolute Gasteiger partial charge is 0.364 e. The van der Waals surface area contributed by atoms with Gasteiger partial charge in [0.15, 0.2) is 0 Å². The summed E-state index contributed by atoms with van der Waals surface area (Å²) in [5.74, 6) is 0.195. The van der Waals surface area contributed by atoms with Crippen molar-refractivity contribution in [3.8, 4) is 0 Å². The normalized spacial score (nSPS) is 29.5. The lowest BCUT2D eigenvalue weighted by Crippen LogP contribution is -2.41. The summed E-state index contributed by atoms with van der Waals surface area (Å²) >= 11 is 0. The molecule has 0 aliphatic heterocycles. The second kappa shape index (κ2) is 5.96. The van der Waals surface area contributed by atoms with E-state index < -0.39 is 17.6 Å². The Bertz CT molecular complexity index is 312. The molecule has 18 heavy (non-hydrogen) atoms. The fraction of sp³-hybridized carbons (Fsp3) is 0.733. The van der Waals surface area contributed by atoms with E-state index in [1.807, 2.05) is 13.0 Å². The number of hydrogen-bond acceptors (Lipinski definition) is 1. The summed E-state index contributed by atoms with van der Waals surface area (Å²) < 4.78 is 33.3. The van der Waals surface area contributed by atoms with Crippen molar-refractivity contribution in [3.05, 3.63) is 24.8 Å². The van der Waals surface area contributed by atoms with Gasteiger partial charge in [0.2, 0.25) is 0 Å². The van der Waals surface area contributed by atoms with Crippen LogP contribution in [0, 0.1) is 11.3 Å². The van der Waals surface area contributed by atoms with Crippen LogP contribution in [-0.4, -0.2) is 12.2 Å². The molecular weight excluding hydrogens is 234 g/mol. The van der Waals surface area contributed by atoms with Crippen molar-refractivity contribution in [2.45, 2.75) is 58.7 Å². The minimum atomic E-state index is -3.10. The highest BCUT2D eigenvalue weighted by Crippen LogP contribution is 2.48. The lowest BCUT2D eigenvalue weighted by atomic mass is 9.86. The van der Waals surface area contributed by atoms with Crippen LogP contribution in [-0.2, 0) is 4.74 Å². The number of unbranched alkanes of at least 4 members (excludes halogenated alkanes) is 1. The predicted octanol–water partition coefficient (Wildman–Crippen LogP) is 4.94. The van der Waals surface area contributed by atoms with Gasteiger partial charge >= 0.3 is 6.11 Å². The zero-order valence-electron chi connectivity index (χ0n) is 11.6. The fourth-order valence-electron chi connectivity index (χ4n) is 2.39. The number of ether oxygens (including phenoxy) is 1. The molecule has 1 aliphatic carbocycles. The van der Waals surface area contributed by atoms with Crippen LogP contribution in [0.5, 0.6) is 0 Å². The topological polar surface area (TPSA) is 9.23 Å². The van der Waals surface area contributed by atoms with E-state index in [4.69, 9.17) is 4.74 Å². The molecule has 1 nitrogen and oxygen atoms in total. The molecular formula is C15H24F2O. The molecule has 2 unspecified atom stereocenters. The molecule has 0 amide bonds. The summed E-state index contributed by atoms with van der Waals surface area (Å²) in [7, 11) is 0. The average molecular weight is 258 g/mol. The third kappa shape index (κ3) is 3.64. The van der Waals surface area contributed by atoms with Crippen molar-refractivity contribution in [3.63, 3.8) is 0 Å². The van der Waals surface area contributed by atoms with Gasteiger partial charge in [-0.15, -0.1) is 6.58 Å². The van der Waals surface area contributed by atoms with E-state index in [1.165, 1.54) is 0 Å². The van der Waals surface area contributed by atoms with Gasteiger partial charge in [-0.2, -0.15) is 8.78 Å². The van der Waals surface area contributed by atoms with Gasteiger partial charge in [-0.1, -0.05) is 25.2 Å². The smallest absolute Gasteiger partial charge is 0.317 e. The first-order valence-electron chi connectivity index (χ1n) is 6.66. The van der Waals surface area contributed by atoms with Gasteiger partial charge in [0, 0.05) is 0 Å². The highest BCUT2D eigenvalue weighted by Gasteiger charge is 2.52. The quantitative estimate of drug-likeness (QED) is 0.464. The summed E-state index contributed by atoms with van der Waals surface area (Å²) in [6.07, 6.45) is 4.48. The van der Waals surface area contributed by atoms with Crippen molar-refractivity contribution < 1.29 is 13.5 Å². The molecule has 1 rings (SSSR count). The van der Waals surface area contributed by atoms with Crippen molar-refractivity contribution in [2.75, 3.05) is 0 Å². The van der Waals surface area contributed by atoms with Crippen molar-refractivity contribution in [2.24, 2.45) is 11.3 Å². The maximum atomic E-state index is 14.2. The average Bonchev–Trinajstić information content (AvgIpc) is 2.60. The van der Waals surface area contributed by atoms with E-state index in [9.17, 15) is 8.78 Å². The third-order valence-corrected chi connectivity index (χ3v) is 3.57. The van der Waals surface area contributed by atoms with Crippen LogP contribution in [0.4, 0.5) is 8.78 Å². The minimum Gasteiger partial charge on any atom is -0.317 e. The molecule has 0 saturated carbocycles. The molecule has 104 valence electrons. The summed E-state index contributed by atoms with van der Waals surface area (Å²) in [5, 5.41) is 0. The summed E-state index contributed by atoms with van der Waals surface area (Å²) in [4.78, 5) is 0. The number of allylic oxidation sites excluding steroid dienone is 2. The first-order chi connectivity index (χ1) is 8.31.